The number of rotatable bonds is 37. The molecule has 4 unspecified atom stereocenters. The van der Waals surface area contributed by atoms with Crippen molar-refractivity contribution in [3.63, 3.8) is 0 Å². The number of allylic oxidation sites excluding steroid dienone is 6. The molecule has 4 atom stereocenters. The molecule has 288 valence electrons. The Kier molecular flexibility index (Phi) is 36.6. The van der Waals surface area contributed by atoms with Crippen LogP contribution in [0.5, 0.6) is 0 Å². The maximum Gasteiger partial charge on any atom is 0.249 e. The van der Waals surface area contributed by atoms with Gasteiger partial charge in [0.2, 0.25) is 5.91 Å². The first-order chi connectivity index (χ1) is 24.0. The SMILES string of the molecule is CCCCCCCCCCCC/C=C/CC/C=C/CC/C=C/CCCC(O)C(O)C(CO)NC(=O)C(O)CCCCCCCCCCCC. The van der Waals surface area contributed by atoms with Crippen molar-refractivity contribution in [3.05, 3.63) is 36.5 Å². The highest BCUT2D eigenvalue weighted by Crippen LogP contribution is 2.14. The molecule has 6 nitrogen and oxygen atoms in total. The number of amides is 1. The Morgan fingerprint density at radius 3 is 1.29 bits per heavy atom. The fourth-order valence-corrected chi connectivity index (χ4v) is 6.20. The van der Waals surface area contributed by atoms with Gasteiger partial charge in [-0.2, -0.15) is 0 Å². The van der Waals surface area contributed by atoms with Crippen LogP contribution in [0.1, 0.15) is 200 Å². The first-order valence-corrected chi connectivity index (χ1v) is 20.9. The van der Waals surface area contributed by atoms with E-state index in [1.165, 1.54) is 116 Å². The number of unbranched alkanes of at least 4 members (excludes halogenated alkanes) is 22. The van der Waals surface area contributed by atoms with Crippen LogP contribution >= 0.6 is 0 Å². The molecule has 0 heterocycles. The summed E-state index contributed by atoms with van der Waals surface area (Å²) in [6, 6.07) is -1.01. The van der Waals surface area contributed by atoms with E-state index in [2.05, 4.69) is 55.6 Å². The van der Waals surface area contributed by atoms with E-state index in [0.717, 1.165) is 51.4 Å². The van der Waals surface area contributed by atoms with E-state index in [4.69, 9.17) is 0 Å². The highest BCUT2D eigenvalue weighted by molar-refractivity contribution is 5.80. The number of hydrogen-bond acceptors (Lipinski definition) is 5. The molecule has 0 radical (unpaired) electrons. The van der Waals surface area contributed by atoms with E-state index < -0.39 is 36.9 Å². The molecule has 0 aliphatic rings. The number of aliphatic hydroxyl groups excluding tert-OH is 4. The largest absolute Gasteiger partial charge is 0.394 e. The molecule has 1 amide bonds. The number of nitrogens with one attached hydrogen (secondary N) is 1. The van der Waals surface area contributed by atoms with Crippen molar-refractivity contribution in [2.75, 3.05) is 6.61 Å². The molecule has 0 aliphatic heterocycles. The van der Waals surface area contributed by atoms with Gasteiger partial charge in [-0.25, -0.2) is 0 Å². The molecule has 0 bridgehead atoms. The smallest absolute Gasteiger partial charge is 0.249 e. The summed E-state index contributed by atoms with van der Waals surface area (Å²) in [5, 5.41) is 43.4. The van der Waals surface area contributed by atoms with Gasteiger partial charge in [-0.1, -0.05) is 172 Å². The summed E-state index contributed by atoms with van der Waals surface area (Å²) in [5.41, 5.74) is 0. The fourth-order valence-electron chi connectivity index (χ4n) is 6.20. The van der Waals surface area contributed by atoms with Gasteiger partial charge in [-0.05, 0) is 64.2 Å². The maximum atomic E-state index is 12.4. The Morgan fingerprint density at radius 2 is 0.857 bits per heavy atom. The minimum Gasteiger partial charge on any atom is -0.394 e. The summed E-state index contributed by atoms with van der Waals surface area (Å²) in [6.45, 7) is 4.00. The standard InChI is InChI=1S/C43H81NO5/c1-3-5-7-9-11-13-15-16-17-18-19-20-21-22-23-24-25-26-27-29-30-32-34-36-40(46)42(48)39(38-45)44-43(49)41(47)37-35-33-31-28-14-12-10-8-6-4-2/h20-21,24-25,29-30,39-42,45-48H,3-19,22-23,26-28,31-38H2,1-2H3,(H,44,49)/b21-20+,25-24+,30-29+. The van der Waals surface area contributed by atoms with Crippen molar-refractivity contribution in [2.24, 2.45) is 0 Å². The van der Waals surface area contributed by atoms with Crippen LogP contribution in [0.4, 0.5) is 0 Å². The van der Waals surface area contributed by atoms with Gasteiger partial charge in [0.05, 0.1) is 18.8 Å². The molecule has 0 aromatic rings. The van der Waals surface area contributed by atoms with Crippen molar-refractivity contribution in [3.8, 4) is 0 Å². The molecule has 0 aliphatic carbocycles. The van der Waals surface area contributed by atoms with Gasteiger partial charge in [0, 0.05) is 0 Å². The quantitative estimate of drug-likeness (QED) is 0.0329. The summed E-state index contributed by atoms with van der Waals surface area (Å²) >= 11 is 0. The topological polar surface area (TPSA) is 110 Å². The summed E-state index contributed by atoms with van der Waals surface area (Å²) in [6.07, 6.45) is 43.3. The van der Waals surface area contributed by atoms with E-state index in [1.807, 2.05) is 0 Å². The van der Waals surface area contributed by atoms with Crippen LogP contribution in [-0.4, -0.2) is 57.3 Å². The molecule has 6 heteroatoms. The normalized spacial score (nSPS) is 14.7. The van der Waals surface area contributed by atoms with E-state index in [-0.39, 0.29) is 0 Å². The molecular weight excluding hydrogens is 610 g/mol. The lowest BCUT2D eigenvalue weighted by Gasteiger charge is -2.27. The average molecular weight is 692 g/mol. The van der Waals surface area contributed by atoms with E-state index >= 15 is 0 Å². The van der Waals surface area contributed by atoms with Crippen LogP contribution in [-0.2, 0) is 4.79 Å². The third-order valence-corrected chi connectivity index (χ3v) is 9.56. The van der Waals surface area contributed by atoms with E-state index in [0.29, 0.717) is 19.3 Å². The highest BCUT2D eigenvalue weighted by atomic mass is 16.3. The summed E-state index contributed by atoms with van der Waals surface area (Å²) in [7, 11) is 0. The Bertz CT molecular complexity index is 782. The summed E-state index contributed by atoms with van der Waals surface area (Å²) in [5.74, 6) is -0.603. The van der Waals surface area contributed by atoms with Gasteiger partial charge < -0.3 is 25.7 Å². The maximum absolute atomic E-state index is 12.4. The van der Waals surface area contributed by atoms with Gasteiger partial charge >= 0.3 is 0 Å². The van der Waals surface area contributed by atoms with Crippen LogP contribution in [0.3, 0.4) is 0 Å². The van der Waals surface area contributed by atoms with E-state index in [9.17, 15) is 25.2 Å². The van der Waals surface area contributed by atoms with Gasteiger partial charge in [-0.3, -0.25) is 4.79 Å². The van der Waals surface area contributed by atoms with Crippen LogP contribution < -0.4 is 5.32 Å². The van der Waals surface area contributed by atoms with Gasteiger partial charge in [0.15, 0.2) is 0 Å². The number of hydrogen-bond donors (Lipinski definition) is 5. The predicted molar refractivity (Wildman–Crippen MR) is 210 cm³/mol. The zero-order valence-corrected chi connectivity index (χ0v) is 32.2. The number of aliphatic hydroxyl groups is 4. The van der Waals surface area contributed by atoms with E-state index in [1.54, 1.807) is 0 Å². The minimum atomic E-state index is -1.29. The third kappa shape index (κ3) is 32.2. The Morgan fingerprint density at radius 1 is 0.490 bits per heavy atom. The summed E-state index contributed by atoms with van der Waals surface area (Å²) < 4.78 is 0. The zero-order chi connectivity index (χ0) is 36.0. The van der Waals surface area contributed by atoms with Gasteiger partial charge in [0.25, 0.3) is 0 Å². The lowest BCUT2D eigenvalue weighted by molar-refractivity contribution is -0.132. The molecule has 0 fully saturated rings. The average Bonchev–Trinajstić information content (AvgIpc) is 3.11. The molecule has 0 aromatic carbocycles. The molecule has 0 saturated heterocycles. The molecule has 49 heavy (non-hydrogen) atoms. The highest BCUT2D eigenvalue weighted by Gasteiger charge is 2.28. The molecule has 0 rings (SSSR count). The summed E-state index contributed by atoms with van der Waals surface area (Å²) in [4.78, 5) is 12.4. The molecule has 5 N–H and O–H groups in total. The molecule has 0 saturated carbocycles. The van der Waals surface area contributed by atoms with Crippen molar-refractivity contribution in [1.29, 1.82) is 0 Å². The second-order valence-corrected chi connectivity index (χ2v) is 14.3. The van der Waals surface area contributed by atoms with Gasteiger partial charge in [0.1, 0.15) is 12.2 Å². The number of carbonyl (C=O) groups is 1. The Hall–Kier alpha value is -1.47. The van der Waals surface area contributed by atoms with Crippen LogP contribution in [0.2, 0.25) is 0 Å². The van der Waals surface area contributed by atoms with Crippen LogP contribution in [0.25, 0.3) is 0 Å². The second kappa shape index (κ2) is 37.8. The zero-order valence-electron chi connectivity index (χ0n) is 32.2. The lowest BCUT2D eigenvalue weighted by atomic mass is 10.00. The monoisotopic (exact) mass is 692 g/mol. The van der Waals surface area contributed by atoms with Crippen molar-refractivity contribution < 1.29 is 25.2 Å². The molecule has 0 aromatic heterocycles. The van der Waals surface area contributed by atoms with Crippen molar-refractivity contribution >= 4 is 5.91 Å². The lowest BCUT2D eigenvalue weighted by Crippen LogP contribution is -2.53. The Balaban J connectivity index is 3.82. The van der Waals surface area contributed by atoms with Crippen molar-refractivity contribution in [2.45, 2.75) is 224 Å². The third-order valence-electron chi connectivity index (χ3n) is 9.56. The van der Waals surface area contributed by atoms with Gasteiger partial charge in [-0.15, -0.1) is 0 Å². The van der Waals surface area contributed by atoms with Crippen LogP contribution in [0, 0.1) is 0 Å². The Labute approximate surface area is 303 Å². The second-order valence-electron chi connectivity index (χ2n) is 14.3. The number of carbonyl (C=O) groups excluding carboxylic acids is 1. The predicted octanol–water partition coefficient (Wildman–Crippen LogP) is 10.6. The molecular formula is C43H81NO5. The first-order valence-electron chi connectivity index (χ1n) is 20.9. The molecule has 0 spiro atoms. The van der Waals surface area contributed by atoms with Crippen LogP contribution in [0.15, 0.2) is 36.5 Å². The van der Waals surface area contributed by atoms with Crippen molar-refractivity contribution in [1.82, 2.24) is 5.32 Å². The minimum absolute atomic E-state index is 0.359. The fraction of sp³-hybridized carbons (Fsp3) is 0.837. The first kappa shape index (κ1) is 47.5.